The van der Waals surface area contributed by atoms with Crippen molar-refractivity contribution in [3.63, 3.8) is 0 Å². The summed E-state index contributed by atoms with van der Waals surface area (Å²) in [6.07, 6.45) is 5.02. The van der Waals surface area contributed by atoms with Crippen molar-refractivity contribution < 1.29 is 5.11 Å². The quantitative estimate of drug-likeness (QED) is 0.445. The predicted molar refractivity (Wildman–Crippen MR) is 49.0 cm³/mol. The molecule has 0 bridgehead atoms. The molecule has 0 fully saturated rings. The number of unbranched alkanes of at least 4 members (excludes halogenated alkanes) is 2. The average Bonchev–Trinajstić information content (AvgIpc) is 1.89. The highest BCUT2D eigenvalue weighted by Crippen LogP contribution is 2.10. The Bertz CT molecular complexity index is 56.9. The van der Waals surface area contributed by atoms with Gasteiger partial charge < -0.3 is 5.11 Å². The zero-order valence-electron chi connectivity index (χ0n) is 5.94. The minimum absolute atomic E-state index is 0.338. The zero-order valence-corrected chi connectivity index (χ0v) is 8.10. The van der Waals surface area contributed by atoms with E-state index in [1.54, 1.807) is 0 Å². The lowest BCUT2D eigenvalue weighted by Crippen LogP contribution is -2.02. The number of alkyl halides is 1. The van der Waals surface area contributed by atoms with Crippen molar-refractivity contribution in [3.8, 4) is 0 Å². The van der Waals surface area contributed by atoms with Crippen LogP contribution in [-0.4, -0.2) is 15.6 Å². The van der Waals surface area contributed by atoms with Gasteiger partial charge in [0.05, 0.1) is 6.61 Å². The van der Waals surface area contributed by atoms with Gasteiger partial charge in [0, 0.05) is 3.92 Å². The summed E-state index contributed by atoms with van der Waals surface area (Å²) in [6.45, 7) is 2.53. The van der Waals surface area contributed by atoms with E-state index in [0.717, 1.165) is 0 Å². The zero-order chi connectivity index (χ0) is 7.11. The van der Waals surface area contributed by atoms with E-state index in [9.17, 15) is 0 Å². The molecule has 0 saturated heterocycles. The molecule has 0 aliphatic carbocycles. The lowest BCUT2D eigenvalue weighted by molar-refractivity contribution is 0.293. The fourth-order valence-corrected chi connectivity index (χ4v) is 1.15. The number of rotatable bonds is 5. The van der Waals surface area contributed by atoms with Crippen LogP contribution >= 0.6 is 22.6 Å². The second kappa shape index (κ2) is 6.81. The van der Waals surface area contributed by atoms with Gasteiger partial charge in [0.2, 0.25) is 0 Å². The maximum Gasteiger partial charge on any atom is 0.0548 e. The summed E-state index contributed by atoms with van der Waals surface area (Å²) < 4.78 is 0.481. The molecule has 0 spiro atoms. The molecule has 0 radical (unpaired) electrons. The number of aliphatic hydroxyl groups is 1. The summed E-state index contributed by atoms with van der Waals surface area (Å²) in [7, 11) is 0. The molecule has 0 rings (SSSR count). The Kier molecular flexibility index (Phi) is 7.33. The third-order valence-electron chi connectivity index (χ3n) is 1.32. The molecule has 0 saturated carbocycles. The Balaban J connectivity index is 2.88. The van der Waals surface area contributed by atoms with Gasteiger partial charge in [0.1, 0.15) is 0 Å². The summed E-state index contributed by atoms with van der Waals surface area (Å²) in [6, 6.07) is 0. The van der Waals surface area contributed by atoms with Crippen molar-refractivity contribution >= 4 is 22.6 Å². The van der Waals surface area contributed by atoms with Gasteiger partial charge >= 0.3 is 0 Å². The summed E-state index contributed by atoms with van der Waals surface area (Å²) in [5.74, 6) is 0. The summed E-state index contributed by atoms with van der Waals surface area (Å²) in [5.41, 5.74) is 0. The largest absolute Gasteiger partial charge is 0.395 e. The van der Waals surface area contributed by atoms with Crippen LogP contribution in [0.5, 0.6) is 0 Å². The maximum atomic E-state index is 8.63. The van der Waals surface area contributed by atoms with Gasteiger partial charge in [-0.25, -0.2) is 0 Å². The van der Waals surface area contributed by atoms with Crippen molar-refractivity contribution in [2.24, 2.45) is 0 Å². The van der Waals surface area contributed by atoms with Crippen molar-refractivity contribution in [1.29, 1.82) is 0 Å². The van der Waals surface area contributed by atoms with E-state index in [0.29, 0.717) is 10.5 Å². The van der Waals surface area contributed by atoms with E-state index in [1.807, 2.05) is 0 Å². The highest BCUT2D eigenvalue weighted by atomic mass is 127. The van der Waals surface area contributed by atoms with Crippen molar-refractivity contribution in [2.45, 2.75) is 36.5 Å². The normalized spacial score (nSPS) is 13.7. The first-order valence-electron chi connectivity index (χ1n) is 3.56. The molecule has 1 atom stereocenters. The smallest absolute Gasteiger partial charge is 0.0548 e. The lowest BCUT2D eigenvalue weighted by Gasteiger charge is -2.03. The van der Waals surface area contributed by atoms with E-state index in [1.165, 1.54) is 25.7 Å². The molecule has 0 unspecified atom stereocenters. The van der Waals surface area contributed by atoms with Gasteiger partial charge in [-0.15, -0.1) is 0 Å². The molecule has 0 aliphatic heterocycles. The molecule has 9 heavy (non-hydrogen) atoms. The highest BCUT2D eigenvalue weighted by molar-refractivity contribution is 14.1. The fraction of sp³-hybridized carbons (Fsp3) is 1.00. The van der Waals surface area contributed by atoms with E-state index >= 15 is 0 Å². The molecule has 0 aromatic rings. The van der Waals surface area contributed by atoms with Gasteiger partial charge in [-0.2, -0.15) is 0 Å². The number of hydrogen-bond acceptors (Lipinski definition) is 1. The molecular weight excluding hydrogens is 227 g/mol. The molecule has 56 valence electrons. The molecule has 0 aromatic heterocycles. The van der Waals surface area contributed by atoms with Gasteiger partial charge in [-0.3, -0.25) is 0 Å². The van der Waals surface area contributed by atoms with E-state index in [2.05, 4.69) is 29.5 Å². The van der Waals surface area contributed by atoms with E-state index in [4.69, 9.17) is 5.11 Å². The van der Waals surface area contributed by atoms with Crippen LogP contribution in [0.1, 0.15) is 32.6 Å². The molecule has 0 amide bonds. The fourth-order valence-electron chi connectivity index (χ4n) is 0.707. The lowest BCUT2D eigenvalue weighted by atomic mass is 10.2. The van der Waals surface area contributed by atoms with E-state index in [-0.39, 0.29) is 0 Å². The molecule has 1 nitrogen and oxygen atoms in total. The summed E-state index contributed by atoms with van der Waals surface area (Å²) in [5, 5.41) is 8.63. The predicted octanol–water partition coefficient (Wildman–Crippen LogP) is 2.36. The first-order chi connectivity index (χ1) is 4.31. The second-order valence-corrected chi connectivity index (χ2v) is 4.04. The van der Waals surface area contributed by atoms with Crippen LogP contribution in [0, 0.1) is 0 Å². The topological polar surface area (TPSA) is 20.2 Å². The second-order valence-electron chi connectivity index (χ2n) is 2.28. The van der Waals surface area contributed by atoms with Gasteiger partial charge in [-0.05, 0) is 6.42 Å². The monoisotopic (exact) mass is 242 g/mol. The van der Waals surface area contributed by atoms with Crippen LogP contribution < -0.4 is 0 Å². The van der Waals surface area contributed by atoms with Crippen LogP contribution in [0.3, 0.4) is 0 Å². The SMILES string of the molecule is CCCCC[C@H](I)CO. The van der Waals surface area contributed by atoms with E-state index < -0.39 is 0 Å². The van der Waals surface area contributed by atoms with Crippen molar-refractivity contribution in [3.05, 3.63) is 0 Å². The Labute approximate surface area is 71.0 Å². The van der Waals surface area contributed by atoms with Crippen LogP contribution in [-0.2, 0) is 0 Å². The van der Waals surface area contributed by atoms with Gasteiger partial charge in [0.25, 0.3) is 0 Å². The average molecular weight is 242 g/mol. The van der Waals surface area contributed by atoms with Crippen molar-refractivity contribution in [1.82, 2.24) is 0 Å². The molecular formula is C7H15IO. The molecule has 0 aliphatic rings. The molecule has 1 N–H and O–H groups in total. The number of aliphatic hydroxyl groups excluding tert-OH is 1. The standard InChI is InChI=1S/C7H15IO/c1-2-3-4-5-7(8)6-9/h7,9H,2-6H2,1H3/t7-/m0/s1. The minimum atomic E-state index is 0.338. The van der Waals surface area contributed by atoms with Crippen molar-refractivity contribution in [2.75, 3.05) is 6.61 Å². The molecule has 0 aromatic carbocycles. The first-order valence-corrected chi connectivity index (χ1v) is 4.80. The van der Waals surface area contributed by atoms with Crippen LogP contribution in [0.15, 0.2) is 0 Å². The summed E-state index contributed by atoms with van der Waals surface area (Å²) >= 11 is 2.30. The third-order valence-corrected chi connectivity index (χ3v) is 2.34. The van der Waals surface area contributed by atoms with Crippen LogP contribution in [0.2, 0.25) is 0 Å². The minimum Gasteiger partial charge on any atom is -0.395 e. The Morgan fingerprint density at radius 2 is 2.11 bits per heavy atom. The van der Waals surface area contributed by atoms with Gasteiger partial charge in [0.15, 0.2) is 0 Å². The summed E-state index contributed by atoms with van der Waals surface area (Å²) in [4.78, 5) is 0. The highest BCUT2D eigenvalue weighted by Gasteiger charge is 1.98. The Hall–Kier alpha value is 0.690. The Morgan fingerprint density at radius 1 is 1.44 bits per heavy atom. The Morgan fingerprint density at radius 3 is 2.56 bits per heavy atom. The van der Waals surface area contributed by atoms with Crippen LogP contribution in [0.4, 0.5) is 0 Å². The molecule has 0 heterocycles. The maximum absolute atomic E-state index is 8.63. The third kappa shape index (κ3) is 6.58. The number of hydrogen-bond donors (Lipinski definition) is 1. The molecule has 2 heteroatoms. The first kappa shape index (κ1) is 9.69. The van der Waals surface area contributed by atoms with Gasteiger partial charge in [-0.1, -0.05) is 48.8 Å². The van der Waals surface area contributed by atoms with Crippen LogP contribution in [0.25, 0.3) is 0 Å². The number of halogens is 1.